The Balaban J connectivity index is 0.000000120. The summed E-state index contributed by atoms with van der Waals surface area (Å²) in [5.41, 5.74) is 20.3. The molecule has 1 fully saturated rings. The highest BCUT2D eigenvalue weighted by Gasteiger charge is 2.55. The van der Waals surface area contributed by atoms with Crippen LogP contribution in [0.4, 0.5) is 13.2 Å². The maximum absolute atomic E-state index is 13.0. The zero-order valence-corrected chi connectivity index (χ0v) is 69.6. The number of hydrogen-bond donors (Lipinski definition) is 1. The Hall–Kier alpha value is -13.3. The molecule has 5 aliphatic rings. The Kier molecular flexibility index (Phi) is 16.9. The van der Waals surface area contributed by atoms with Crippen LogP contribution in [0.15, 0.2) is 358 Å². The minimum absolute atomic E-state index is 0. The Bertz CT molecular complexity index is 8200. The van der Waals surface area contributed by atoms with Crippen LogP contribution in [0.5, 0.6) is 5.75 Å². The molecule has 2 spiro atoms. The molecular formula is C111H71BF3IO6S. The van der Waals surface area contributed by atoms with Gasteiger partial charge in [-0.2, -0.15) is 21.6 Å². The van der Waals surface area contributed by atoms with E-state index in [0.29, 0.717) is 18.6 Å². The molecule has 0 atom stereocenters. The van der Waals surface area contributed by atoms with Crippen LogP contribution in [0.2, 0.25) is 0 Å². The molecule has 1 aliphatic heterocycles. The standard InChI is InChI=1S/C61H34.C31H19F3O3S.C18H13BO2.CH4O.HI/c1-3-13-53-47(11-1)48-12-2-4-14-54(48)61(53)55-34-43(45-27-20-40-18-16-36-8-6-10-38-22-31-51(45)59(40)57(36)38)24-29-49(55)52-32-25-42-33-41(23-28-46(42)60(52)61)44-26-19-39-17-15-35-7-5-9-37-21-30-50(44)58(39)56(35)37;1-18-10-13-24-25-14-11-19-17-20(37-38(35,36)31(32,33)34)12-15-21(19)29(25)30(28(24)16-18)26-8-4-2-6-22(26)23-7-3-5-9-27(23)30;1-2-12-4-5-14-7-9-16(19-20-10-11-21-19)15-8-6-13(3-1)17(12)18(14)15;1-2;/h1-34H;2-17H,1H3;1-9H,10-11H2;2H,1H3;1H. The Morgan fingerprint density at radius 1 is 0.309 bits per heavy atom. The molecule has 0 radical (unpaired) electrons. The second-order valence-corrected chi connectivity index (χ2v) is 34.3. The molecule has 0 saturated carbocycles. The van der Waals surface area contributed by atoms with Crippen molar-refractivity contribution in [1.82, 2.24) is 0 Å². The van der Waals surface area contributed by atoms with Gasteiger partial charge >= 0.3 is 22.7 Å². The van der Waals surface area contributed by atoms with E-state index in [4.69, 9.17) is 14.4 Å². The molecule has 1 heterocycles. The average Bonchev–Trinajstić information content (AvgIpc) is 1.50. The van der Waals surface area contributed by atoms with Gasteiger partial charge in [-0.25, -0.2) is 0 Å². The number of aryl methyl sites for hydroxylation is 1. The van der Waals surface area contributed by atoms with Gasteiger partial charge in [-0.1, -0.05) is 339 Å². The molecule has 4 aliphatic carbocycles. The van der Waals surface area contributed by atoms with E-state index in [0.717, 1.165) is 68.0 Å². The van der Waals surface area contributed by atoms with Crippen LogP contribution in [0.3, 0.4) is 0 Å². The summed E-state index contributed by atoms with van der Waals surface area (Å²) >= 11 is 0. The molecule has 27 rings (SSSR count). The molecular weight excluding hydrogens is 1660 g/mol. The van der Waals surface area contributed by atoms with Crippen LogP contribution in [0, 0.1) is 6.92 Å². The first-order valence-corrected chi connectivity index (χ1v) is 42.7. The zero-order valence-electron chi connectivity index (χ0n) is 66.5. The van der Waals surface area contributed by atoms with Crippen molar-refractivity contribution in [3.8, 4) is 72.5 Å². The van der Waals surface area contributed by atoms with Crippen molar-refractivity contribution in [1.29, 1.82) is 0 Å². The Morgan fingerprint density at radius 3 is 1.10 bits per heavy atom. The normalized spacial score (nSPS) is 14.1. The molecule has 1 saturated heterocycles. The summed E-state index contributed by atoms with van der Waals surface area (Å²) in [6, 6.07) is 130. The highest BCUT2D eigenvalue weighted by Crippen LogP contribution is 2.67. The molecule has 22 aromatic rings. The predicted octanol–water partition coefficient (Wildman–Crippen LogP) is 27.6. The lowest BCUT2D eigenvalue weighted by atomic mass is 9.69. The van der Waals surface area contributed by atoms with Crippen molar-refractivity contribution in [3.63, 3.8) is 0 Å². The first-order valence-electron chi connectivity index (χ1n) is 41.3. The second-order valence-electron chi connectivity index (χ2n) is 32.8. The summed E-state index contributed by atoms with van der Waals surface area (Å²) in [6.45, 7) is 3.41. The number of benzene rings is 22. The van der Waals surface area contributed by atoms with E-state index >= 15 is 0 Å². The van der Waals surface area contributed by atoms with Crippen LogP contribution < -0.4 is 9.65 Å². The van der Waals surface area contributed by atoms with Crippen LogP contribution in [-0.2, 0) is 30.3 Å². The van der Waals surface area contributed by atoms with Crippen molar-refractivity contribution in [2.24, 2.45) is 0 Å². The van der Waals surface area contributed by atoms with Gasteiger partial charge in [-0.3, -0.25) is 0 Å². The van der Waals surface area contributed by atoms with E-state index < -0.39 is 26.5 Å². The summed E-state index contributed by atoms with van der Waals surface area (Å²) in [5.74, 6) is -0.387. The minimum atomic E-state index is -5.78. The first-order chi connectivity index (χ1) is 59.8. The van der Waals surface area contributed by atoms with Gasteiger partial charge in [-0.15, -0.1) is 24.0 Å². The molecule has 0 aromatic heterocycles. The predicted molar refractivity (Wildman–Crippen MR) is 510 cm³/mol. The minimum Gasteiger partial charge on any atom is -0.405 e. The summed E-state index contributed by atoms with van der Waals surface area (Å²) in [5, 5.41) is 34.6. The third-order valence-corrected chi connectivity index (χ3v) is 27.8. The zero-order chi connectivity index (χ0) is 81.8. The lowest BCUT2D eigenvalue weighted by molar-refractivity contribution is -0.0500. The largest absolute Gasteiger partial charge is 0.534 e. The molecule has 6 nitrogen and oxygen atoms in total. The first kappa shape index (κ1) is 74.7. The fraction of sp³-hybridized carbons (Fsp3) is 0.0631. The monoisotopic (exact) mass is 1730 g/mol. The highest BCUT2D eigenvalue weighted by molar-refractivity contribution is 14.0. The number of rotatable bonds is 5. The number of halogens is 4. The average molecular weight is 1730 g/mol. The van der Waals surface area contributed by atoms with Crippen LogP contribution in [0.1, 0.15) is 50.1 Å². The molecule has 0 unspecified atom stereocenters. The van der Waals surface area contributed by atoms with Gasteiger partial charge in [0, 0.05) is 7.11 Å². The SMILES string of the molecule is CO.Cc1ccc2c(c1)C1(c3ccccc3-c3ccccc31)c1c-2ccc2cc(OS(=O)(=O)C(F)(F)F)ccc12.I.c1cc2ccc3ccc(B4OCCO4)c4ccc(c1)c2c34.c1ccc2c(c1)-c1ccccc1C21c2cc(-c3ccc4ccc5cccc6ccc3c4c56)ccc2-c2ccc3cc(-c4ccc5ccc6cccc7ccc4c5c67)ccc3c21. The third-order valence-electron chi connectivity index (χ3n) is 26.9. The second kappa shape index (κ2) is 27.9. The maximum Gasteiger partial charge on any atom is 0.534 e. The van der Waals surface area contributed by atoms with Crippen molar-refractivity contribution in [2.75, 3.05) is 20.3 Å². The van der Waals surface area contributed by atoms with Gasteiger partial charge in [0.05, 0.1) is 24.0 Å². The van der Waals surface area contributed by atoms with Crippen LogP contribution in [-0.4, -0.2) is 46.5 Å². The van der Waals surface area contributed by atoms with Gasteiger partial charge in [0.2, 0.25) is 0 Å². The van der Waals surface area contributed by atoms with Crippen LogP contribution in [0.25, 0.3) is 185 Å². The van der Waals surface area contributed by atoms with Gasteiger partial charge in [-0.05, 0) is 266 Å². The highest BCUT2D eigenvalue weighted by atomic mass is 127. The summed E-state index contributed by atoms with van der Waals surface area (Å²) < 4.78 is 78.1. The lowest BCUT2D eigenvalue weighted by Gasteiger charge is -2.32. The molecule has 123 heavy (non-hydrogen) atoms. The van der Waals surface area contributed by atoms with Gasteiger partial charge < -0.3 is 18.6 Å². The fourth-order valence-corrected chi connectivity index (χ4v) is 22.5. The fourth-order valence-electron chi connectivity index (χ4n) is 22.1. The Morgan fingerprint density at radius 2 is 0.634 bits per heavy atom. The van der Waals surface area contributed by atoms with Crippen molar-refractivity contribution >= 4 is 165 Å². The smallest absolute Gasteiger partial charge is 0.405 e. The number of aliphatic hydroxyl groups excluding tert-OH is 1. The third kappa shape index (κ3) is 10.7. The summed E-state index contributed by atoms with van der Waals surface area (Å²) in [4.78, 5) is 0. The summed E-state index contributed by atoms with van der Waals surface area (Å²) in [6.07, 6.45) is 0. The van der Waals surface area contributed by atoms with Gasteiger partial charge in [0.1, 0.15) is 5.75 Å². The van der Waals surface area contributed by atoms with E-state index in [1.807, 2.05) is 30.3 Å². The van der Waals surface area contributed by atoms with Crippen molar-refractivity contribution in [2.45, 2.75) is 23.3 Å². The van der Waals surface area contributed by atoms with E-state index in [9.17, 15) is 21.6 Å². The van der Waals surface area contributed by atoms with Crippen molar-refractivity contribution in [3.05, 3.63) is 408 Å². The van der Waals surface area contributed by atoms with Crippen LogP contribution >= 0.6 is 24.0 Å². The summed E-state index contributed by atoms with van der Waals surface area (Å²) in [7, 11) is -5.01. The number of fused-ring (bicyclic) bond motifs is 24. The molecule has 0 amide bonds. The lowest BCUT2D eigenvalue weighted by Crippen LogP contribution is -2.32. The van der Waals surface area contributed by atoms with E-state index in [1.165, 1.54) is 187 Å². The van der Waals surface area contributed by atoms with E-state index in [-0.39, 0.29) is 36.8 Å². The Labute approximate surface area is 723 Å². The number of alkyl halides is 3. The number of hydrogen-bond acceptors (Lipinski definition) is 6. The molecule has 1 N–H and O–H groups in total. The van der Waals surface area contributed by atoms with Gasteiger partial charge in [0.15, 0.2) is 0 Å². The quantitative estimate of drug-likeness (QED) is 0.0608. The molecule has 0 bridgehead atoms. The van der Waals surface area contributed by atoms with Gasteiger partial charge in [0.25, 0.3) is 0 Å². The van der Waals surface area contributed by atoms with Crippen molar-refractivity contribution < 1.29 is 40.2 Å². The topological polar surface area (TPSA) is 82.1 Å². The maximum atomic E-state index is 13.0. The molecule has 12 heteroatoms. The van der Waals surface area contributed by atoms with E-state index in [1.54, 1.807) is 12.1 Å². The number of aliphatic hydroxyl groups is 1. The van der Waals surface area contributed by atoms with E-state index in [2.05, 4.69) is 314 Å². The molecule has 588 valence electrons. The molecule has 22 aromatic carbocycles.